The van der Waals surface area contributed by atoms with Gasteiger partial charge < -0.3 is 20.6 Å². The van der Waals surface area contributed by atoms with Gasteiger partial charge in [0.1, 0.15) is 0 Å². The molecule has 2 aromatic rings. The van der Waals surface area contributed by atoms with Gasteiger partial charge in [0.15, 0.2) is 0 Å². The van der Waals surface area contributed by atoms with Crippen LogP contribution in [-0.4, -0.2) is 34.7 Å². The molecule has 150 valence electrons. The van der Waals surface area contributed by atoms with Crippen LogP contribution in [0.3, 0.4) is 0 Å². The molecule has 1 aliphatic rings. The lowest BCUT2D eigenvalue weighted by atomic mass is 10.0. The van der Waals surface area contributed by atoms with Crippen molar-refractivity contribution in [1.82, 2.24) is 9.47 Å². The van der Waals surface area contributed by atoms with Gasteiger partial charge in [0, 0.05) is 61.1 Å². The Bertz CT molecular complexity index is 865. The van der Waals surface area contributed by atoms with Crippen molar-refractivity contribution in [3.05, 3.63) is 42.2 Å². The smallest absolute Gasteiger partial charge is 0.222 e. The number of amides is 1. The Kier molecular flexibility index (Phi) is 6.55. The number of nitrogens with zero attached hydrogens (tertiary/aromatic N) is 2. The quantitative estimate of drug-likeness (QED) is 0.735. The molecule has 2 heterocycles. The highest BCUT2D eigenvalue weighted by molar-refractivity contribution is 6.09. The Morgan fingerprint density at radius 3 is 2.82 bits per heavy atom. The Morgan fingerprint density at radius 1 is 1.29 bits per heavy atom. The summed E-state index contributed by atoms with van der Waals surface area (Å²) in [6.07, 6.45) is 8.88. The molecule has 3 N–H and O–H groups in total. The summed E-state index contributed by atoms with van der Waals surface area (Å²) in [4.78, 5) is 14.5. The minimum Gasteiger partial charge on any atom is -0.404 e. The number of hydrogen-bond acceptors (Lipinski definition) is 3. The summed E-state index contributed by atoms with van der Waals surface area (Å²) in [7, 11) is 0. The topological polar surface area (TPSA) is 75.1 Å². The predicted octanol–water partition coefficient (Wildman–Crippen LogP) is 4.27. The average molecular weight is 381 g/mol. The van der Waals surface area contributed by atoms with Crippen molar-refractivity contribution in [3.63, 3.8) is 0 Å². The van der Waals surface area contributed by atoms with Gasteiger partial charge >= 0.3 is 0 Å². The molecule has 5 heteroatoms. The normalized spacial score (nSPS) is 18.5. The second-order valence-electron chi connectivity index (χ2n) is 8.28. The third-order valence-electron chi connectivity index (χ3n) is 5.68. The predicted molar refractivity (Wildman–Crippen MR) is 116 cm³/mol. The summed E-state index contributed by atoms with van der Waals surface area (Å²) in [5.41, 5.74) is 8.52. The number of likely N-dealkylation sites (tertiary alicyclic amines) is 1. The second kappa shape index (κ2) is 9.09. The number of carbonyl (C=O) groups excluding carboxylic acids is 1. The number of hydrogen-bond donors (Lipinski definition) is 2. The van der Waals surface area contributed by atoms with Crippen LogP contribution >= 0.6 is 0 Å². The number of benzene rings is 1. The molecular formula is C23H32N4O. The minimum absolute atomic E-state index is 0.310. The van der Waals surface area contributed by atoms with Crippen molar-refractivity contribution in [1.29, 1.82) is 5.41 Å². The first-order valence-corrected chi connectivity index (χ1v) is 10.3. The van der Waals surface area contributed by atoms with Gasteiger partial charge in [-0.1, -0.05) is 19.9 Å². The highest BCUT2D eigenvalue weighted by atomic mass is 16.2. The fourth-order valence-electron chi connectivity index (χ4n) is 4.12. The lowest BCUT2D eigenvalue weighted by Crippen LogP contribution is -2.32. The van der Waals surface area contributed by atoms with Crippen molar-refractivity contribution in [2.75, 3.05) is 13.1 Å². The Labute approximate surface area is 167 Å². The van der Waals surface area contributed by atoms with Gasteiger partial charge in [-0.05, 0) is 54.9 Å². The van der Waals surface area contributed by atoms with Crippen LogP contribution in [0, 0.1) is 17.2 Å². The molecule has 1 atom stereocenters. The third-order valence-corrected chi connectivity index (χ3v) is 5.68. The first-order chi connectivity index (χ1) is 13.5. The summed E-state index contributed by atoms with van der Waals surface area (Å²) in [6.45, 7) is 6.98. The molecule has 0 radical (unpaired) electrons. The molecule has 1 fully saturated rings. The van der Waals surface area contributed by atoms with Gasteiger partial charge in [-0.15, -0.1) is 0 Å². The lowest BCUT2D eigenvalue weighted by molar-refractivity contribution is -0.131. The monoisotopic (exact) mass is 380 g/mol. The van der Waals surface area contributed by atoms with Crippen molar-refractivity contribution in [2.24, 2.45) is 17.6 Å². The zero-order valence-electron chi connectivity index (χ0n) is 17.0. The maximum absolute atomic E-state index is 12.4. The number of allylic oxidation sites excluding steroid dienone is 1. The minimum atomic E-state index is 0.310. The number of aromatic nitrogens is 1. The van der Waals surface area contributed by atoms with E-state index >= 15 is 0 Å². The first kappa shape index (κ1) is 20.2. The highest BCUT2D eigenvalue weighted by Crippen LogP contribution is 2.25. The summed E-state index contributed by atoms with van der Waals surface area (Å²) in [5, 5.41) is 8.65. The van der Waals surface area contributed by atoms with Crippen LogP contribution in [-0.2, 0) is 11.3 Å². The zero-order valence-corrected chi connectivity index (χ0v) is 17.0. The number of nitrogens with one attached hydrogen (secondary N) is 1. The van der Waals surface area contributed by atoms with Gasteiger partial charge in [0.25, 0.3) is 0 Å². The van der Waals surface area contributed by atoms with E-state index in [-0.39, 0.29) is 0 Å². The van der Waals surface area contributed by atoms with Crippen molar-refractivity contribution in [2.45, 2.75) is 46.1 Å². The van der Waals surface area contributed by atoms with Crippen LogP contribution in [0.5, 0.6) is 0 Å². The van der Waals surface area contributed by atoms with E-state index in [0.717, 1.165) is 50.0 Å². The van der Waals surface area contributed by atoms with Crippen LogP contribution < -0.4 is 5.73 Å². The molecule has 5 nitrogen and oxygen atoms in total. The molecule has 1 amide bonds. The summed E-state index contributed by atoms with van der Waals surface area (Å²) in [5.74, 6) is 1.32. The number of rotatable bonds is 6. The van der Waals surface area contributed by atoms with Crippen LogP contribution in [0.2, 0.25) is 0 Å². The van der Waals surface area contributed by atoms with Crippen molar-refractivity contribution in [3.8, 4) is 0 Å². The van der Waals surface area contributed by atoms with Crippen LogP contribution in [0.4, 0.5) is 0 Å². The summed E-state index contributed by atoms with van der Waals surface area (Å²) < 4.78 is 2.33. The molecule has 1 unspecified atom stereocenters. The largest absolute Gasteiger partial charge is 0.404 e. The zero-order chi connectivity index (χ0) is 20.1. The van der Waals surface area contributed by atoms with Crippen LogP contribution in [0.25, 0.3) is 16.5 Å². The Hall–Kier alpha value is -2.56. The molecule has 0 aliphatic carbocycles. The standard InChI is InChI=1S/C23H32N4O/c1-17(2)12-23(28)26-9-3-4-18(7-10-26)16-27-11-8-20-13-19(5-6-22(20)27)21(14-24)15-25/h5-6,8,11,13-15,17-18,24H,3-4,7,9-10,12,16,25H2,1-2H3/b21-15+,24-14?. The molecular weight excluding hydrogens is 348 g/mol. The van der Waals surface area contributed by atoms with Crippen molar-refractivity contribution < 1.29 is 4.79 Å². The molecule has 3 rings (SSSR count). The fraction of sp³-hybridized carbons (Fsp3) is 0.478. The lowest BCUT2D eigenvalue weighted by Gasteiger charge is -2.22. The summed E-state index contributed by atoms with van der Waals surface area (Å²) in [6, 6.07) is 8.37. The number of nitrogens with two attached hydrogens (primary N) is 1. The van der Waals surface area contributed by atoms with Gasteiger partial charge in [-0.2, -0.15) is 0 Å². The molecule has 28 heavy (non-hydrogen) atoms. The van der Waals surface area contributed by atoms with E-state index in [1.165, 1.54) is 23.3 Å². The number of fused-ring (bicyclic) bond motifs is 1. The molecule has 1 aromatic carbocycles. The Balaban J connectivity index is 1.68. The van der Waals surface area contributed by atoms with Gasteiger partial charge in [0.2, 0.25) is 5.91 Å². The van der Waals surface area contributed by atoms with Crippen LogP contribution in [0.1, 0.15) is 45.1 Å². The Morgan fingerprint density at radius 2 is 2.11 bits per heavy atom. The molecule has 1 aromatic heterocycles. The highest BCUT2D eigenvalue weighted by Gasteiger charge is 2.21. The van der Waals surface area contributed by atoms with Crippen molar-refractivity contribution >= 4 is 28.6 Å². The van der Waals surface area contributed by atoms with E-state index in [2.05, 4.69) is 47.7 Å². The maximum atomic E-state index is 12.4. The average Bonchev–Trinajstić information content (AvgIpc) is 2.91. The molecule has 0 bridgehead atoms. The van der Waals surface area contributed by atoms with E-state index in [0.29, 0.717) is 24.2 Å². The number of carbonyl (C=O) groups is 1. The fourth-order valence-corrected chi connectivity index (χ4v) is 4.12. The van der Waals surface area contributed by atoms with Gasteiger partial charge in [-0.25, -0.2) is 0 Å². The van der Waals surface area contributed by atoms with E-state index in [9.17, 15) is 4.79 Å². The van der Waals surface area contributed by atoms with E-state index < -0.39 is 0 Å². The molecule has 1 aliphatic heterocycles. The van der Waals surface area contributed by atoms with E-state index in [1.54, 1.807) is 0 Å². The van der Waals surface area contributed by atoms with Gasteiger partial charge in [0.05, 0.1) is 0 Å². The molecule has 0 saturated carbocycles. The van der Waals surface area contributed by atoms with Gasteiger partial charge in [-0.3, -0.25) is 4.79 Å². The van der Waals surface area contributed by atoms with E-state index in [1.807, 2.05) is 6.07 Å². The first-order valence-electron chi connectivity index (χ1n) is 10.3. The molecule has 0 spiro atoms. The maximum Gasteiger partial charge on any atom is 0.222 e. The second-order valence-corrected chi connectivity index (χ2v) is 8.28. The molecule has 1 saturated heterocycles. The third kappa shape index (κ3) is 4.64. The van der Waals surface area contributed by atoms with E-state index in [4.69, 9.17) is 11.1 Å². The SMILES string of the molecule is CC(C)CC(=O)N1CCCC(Cn2ccc3cc(/C(C=N)=C/N)ccc32)CC1. The van der Waals surface area contributed by atoms with Crippen LogP contribution in [0.15, 0.2) is 36.7 Å². The summed E-state index contributed by atoms with van der Waals surface area (Å²) >= 11 is 0.